The molecule has 0 bridgehead atoms. The molecule has 2 aliphatic rings. The SMILES string of the molecule is CCCNCc1cnc(N(CC2CC2)CC2CC2)c(C)c1. The number of anilines is 1. The number of rotatable bonds is 9. The minimum absolute atomic E-state index is 0.927. The number of nitrogens with one attached hydrogen (secondary N) is 1. The van der Waals surface area contributed by atoms with Crippen molar-refractivity contribution >= 4 is 5.82 Å². The summed E-state index contributed by atoms with van der Waals surface area (Å²) in [6.45, 7) is 8.88. The van der Waals surface area contributed by atoms with Gasteiger partial charge in [0.15, 0.2) is 0 Å². The van der Waals surface area contributed by atoms with Gasteiger partial charge in [-0.15, -0.1) is 0 Å². The van der Waals surface area contributed by atoms with E-state index in [0.29, 0.717) is 0 Å². The van der Waals surface area contributed by atoms with Gasteiger partial charge in [-0.2, -0.15) is 0 Å². The highest BCUT2D eigenvalue weighted by Crippen LogP contribution is 2.36. The van der Waals surface area contributed by atoms with Crippen LogP contribution in [0.3, 0.4) is 0 Å². The zero-order valence-corrected chi connectivity index (χ0v) is 13.6. The Hall–Kier alpha value is -1.09. The maximum Gasteiger partial charge on any atom is 0.131 e. The van der Waals surface area contributed by atoms with Crippen molar-refractivity contribution in [3.63, 3.8) is 0 Å². The van der Waals surface area contributed by atoms with E-state index in [1.807, 2.05) is 0 Å². The molecule has 0 atom stereocenters. The zero-order chi connectivity index (χ0) is 14.7. The van der Waals surface area contributed by atoms with Crippen LogP contribution in [0.25, 0.3) is 0 Å². The van der Waals surface area contributed by atoms with E-state index in [-0.39, 0.29) is 0 Å². The van der Waals surface area contributed by atoms with Crippen LogP contribution < -0.4 is 10.2 Å². The zero-order valence-electron chi connectivity index (χ0n) is 13.6. The van der Waals surface area contributed by atoms with Gasteiger partial charge in [0.25, 0.3) is 0 Å². The van der Waals surface area contributed by atoms with Crippen molar-refractivity contribution in [2.45, 2.75) is 52.5 Å². The van der Waals surface area contributed by atoms with E-state index in [4.69, 9.17) is 4.98 Å². The Morgan fingerprint density at radius 2 is 1.86 bits per heavy atom. The van der Waals surface area contributed by atoms with Crippen LogP contribution in [0, 0.1) is 18.8 Å². The molecule has 1 aromatic rings. The normalized spacial score (nSPS) is 18.0. The number of aromatic nitrogens is 1. The van der Waals surface area contributed by atoms with Crippen molar-refractivity contribution in [1.82, 2.24) is 10.3 Å². The largest absolute Gasteiger partial charge is 0.356 e. The summed E-state index contributed by atoms with van der Waals surface area (Å²) in [7, 11) is 0. The fourth-order valence-corrected chi connectivity index (χ4v) is 2.93. The van der Waals surface area contributed by atoms with Crippen LogP contribution in [0.4, 0.5) is 5.82 Å². The predicted molar refractivity (Wildman–Crippen MR) is 88.6 cm³/mol. The van der Waals surface area contributed by atoms with Gasteiger partial charge in [0.1, 0.15) is 5.82 Å². The first-order valence-corrected chi connectivity index (χ1v) is 8.67. The Morgan fingerprint density at radius 3 is 2.38 bits per heavy atom. The number of hydrogen-bond acceptors (Lipinski definition) is 3. The molecule has 0 saturated heterocycles. The van der Waals surface area contributed by atoms with Crippen LogP contribution in [0.2, 0.25) is 0 Å². The van der Waals surface area contributed by atoms with Gasteiger partial charge < -0.3 is 10.2 Å². The summed E-state index contributed by atoms with van der Waals surface area (Å²) in [5.41, 5.74) is 2.65. The summed E-state index contributed by atoms with van der Waals surface area (Å²) in [6, 6.07) is 2.32. The molecular formula is C18H29N3. The number of pyridine rings is 1. The first kappa shape index (κ1) is 14.8. The van der Waals surface area contributed by atoms with Crippen LogP contribution in [-0.2, 0) is 6.54 Å². The fraction of sp³-hybridized carbons (Fsp3) is 0.722. The first-order valence-electron chi connectivity index (χ1n) is 8.67. The van der Waals surface area contributed by atoms with Crippen molar-refractivity contribution in [2.24, 2.45) is 11.8 Å². The van der Waals surface area contributed by atoms with Crippen LogP contribution in [0.15, 0.2) is 12.3 Å². The topological polar surface area (TPSA) is 28.2 Å². The molecule has 0 unspecified atom stereocenters. The Balaban J connectivity index is 1.65. The molecule has 116 valence electrons. The lowest BCUT2D eigenvalue weighted by atomic mass is 10.1. The molecule has 2 saturated carbocycles. The maximum atomic E-state index is 4.80. The average molecular weight is 287 g/mol. The summed E-state index contributed by atoms with van der Waals surface area (Å²) >= 11 is 0. The molecule has 2 aliphatic carbocycles. The highest BCUT2D eigenvalue weighted by Gasteiger charge is 2.30. The molecule has 1 N–H and O–H groups in total. The fourth-order valence-electron chi connectivity index (χ4n) is 2.93. The molecular weight excluding hydrogens is 258 g/mol. The van der Waals surface area contributed by atoms with Crippen LogP contribution in [0.1, 0.15) is 50.2 Å². The Labute approximate surface area is 129 Å². The van der Waals surface area contributed by atoms with Crippen molar-refractivity contribution in [1.29, 1.82) is 0 Å². The van der Waals surface area contributed by atoms with E-state index >= 15 is 0 Å². The third-order valence-corrected chi connectivity index (χ3v) is 4.51. The van der Waals surface area contributed by atoms with E-state index in [2.05, 4.69) is 36.3 Å². The highest BCUT2D eigenvalue weighted by molar-refractivity contribution is 5.48. The second-order valence-corrected chi connectivity index (χ2v) is 6.95. The number of nitrogens with zero attached hydrogens (tertiary/aromatic N) is 2. The third kappa shape index (κ3) is 4.44. The van der Waals surface area contributed by atoms with Gasteiger partial charge in [-0.25, -0.2) is 4.98 Å². The lowest BCUT2D eigenvalue weighted by molar-refractivity contribution is 0.662. The summed E-state index contributed by atoms with van der Waals surface area (Å²) in [6.07, 6.45) is 8.91. The number of aryl methyl sites for hydroxylation is 1. The van der Waals surface area contributed by atoms with E-state index in [1.165, 1.54) is 62.1 Å². The molecule has 3 heteroatoms. The van der Waals surface area contributed by atoms with Crippen molar-refractivity contribution in [3.8, 4) is 0 Å². The molecule has 0 spiro atoms. The van der Waals surface area contributed by atoms with Gasteiger partial charge >= 0.3 is 0 Å². The van der Waals surface area contributed by atoms with Gasteiger partial charge in [0.05, 0.1) is 0 Å². The van der Waals surface area contributed by atoms with Gasteiger partial charge in [0.2, 0.25) is 0 Å². The monoisotopic (exact) mass is 287 g/mol. The van der Waals surface area contributed by atoms with E-state index in [0.717, 1.165) is 24.9 Å². The summed E-state index contributed by atoms with van der Waals surface area (Å²) in [5.74, 6) is 3.08. The Morgan fingerprint density at radius 1 is 1.19 bits per heavy atom. The number of hydrogen-bond donors (Lipinski definition) is 1. The second-order valence-electron chi connectivity index (χ2n) is 6.95. The molecule has 3 rings (SSSR count). The minimum atomic E-state index is 0.927. The molecule has 21 heavy (non-hydrogen) atoms. The lowest BCUT2D eigenvalue weighted by Gasteiger charge is -2.25. The summed E-state index contributed by atoms with van der Waals surface area (Å²) < 4.78 is 0. The minimum Gasteiger partial charge on any atom is -0.356 e. The third-order valence-electron chi connectivity index (χ3n) is 4.51. The Bertz CT molecular complexity index is 450. The quantitative estimate of drug-likeness (QED) is 0.704. The van der Waals surface area contributed by atoms with E-state index in [1.54, 1.807) is 0 Å². The molecule has 2 fully saturated rings. The van der Waals surface area contributed by atoms with Gasteiger partial charge in [0, 0.05) is 25.8 Å². The molecule has 0 aromatic carbocycles. The van der Waals surface area contributed by atoms with Gasteiger partial charge in [-0.1, -0.05) is 6.92 Å². The summed E-state index contributed by atoms with van der Waals surface area (Å²) in [5, 5.41) is 3.46. The molecule has 1 heterocycles. The molecule has 0 amide bonds. The van der Waals surface area contributed by atoms with Gasteiger partial charge in [-0.05, 0) is 74.6 Å². The average Bonchev–Trinajstić information content (AvgIpc) is 3.34. The predicted octanol–water partition coefficient (Wildman–Crippen LogP) is 3.52. The highest BCUT2D eigenvalue weighted by atomic mass is 15.2. The van der Waals surface area contributed by atoms with Crippen LogP contribution in [-0.4, -0.2) is 24.6 Å². The summed E-state index contributed by atoms with van der Waals surface area (Å²) in [4.78, 5) is 7.37. The van der Waals surface area contributed by atoms with Crippen LogP contribution in [0.5, 0.6) is 0 Å². The van der Waals surface area contributed by atoms with Gasteiger partial charge in [-0.3, -0.25) is 0 Å². The van der Waals surface area contributed by atoms with Crippen LogP contribution >= 0.6 is 0 Å². The van der Waals surface area contributed by atoms with Crippen molar-refractivity contribution in [2.75, 3.05) is 24.5 Å². The molecule has 0 aliphatic heterocycles. The van der Waals surface area contributed by atoms with E-state index < -0.39 is 0 Å². The van der Waals surface area contributed by atoms with Crippen molar-refractivity contribution < 1.29 is 0 Å². The smallest absolute Gasteiger partial charge is 0.131 e. The first-order chi connectivity index (χ1) is 10.3. The second kappa shape index (κ2) is 6.78. The molecule has 1 aromatic heterocycles. The molecule has 0 radical (unpaired) electrons. The molecule has 3 nitrogen and oxygen atoms in total. The standard InChI is InChI=1S/C18H29N3/c1-3-8-19-10-17-9-14(2)18(20-11-17)21(12-15-4-5-15)13-16-6-7-16/h9,11,15-16,19H,3-8,10,12-13H2,1-2H3. The van der Waals surface area contributed by atoms with E-state index in [9.17, 15) is 0 Å². The lowest BCUT2D eigenvalue weighted by Crippen LogP contribution is -2.29. The Kier molecular flexibility index (Phi) is 4.79. The van der Waals surface area contributed by atoms with Crippen molar-refractivity contribution in [3.05, 3.63) is 23.4 Å². The maximum absolute atomic E-state index is 4.80.